The van der Waals surface area contributed by atoms with Crippen molar-refractivity contribution < 1.29 is 4.79 Å². The van der Waals surface area contributed by atoms with Gasteiger partial charge in [0.05, 0.1) is 10.2 Å². The highest BCUT2D eigenvalue weighted by molar-refractivity contribution is 7.22. The Hall–Kier alpha value is -2.94. The number of nitrogens with one attached hydrogen (secondary N) is 1. The number of amides is 1. The Morgan fingerprint density at radius 3 is 2.44 bits per heavy atom. The SMILES string of the molecule is O=C(c1cnc(-c2ccc(Cl)cc2)[nH]c1=O)N1CCN(c2nc3ccc(Cl)cc3s2)CC1. The second kappa shape index (κ2) is 8.54. The molecule has 7 nitrogen and oxygen atoms in total. The molecule has 0 unspecified atom stereocenters. The highest BCUT2D eigenvalue weighted by atomic mass is 35.5. The lowest BCUT2D eigenvalue weighted by Crippen LogP contribution is -2.49. The number of carbonyl (C=O) groups excluding carboxylic acids is 1. The van der Waals surface area contributed by atoms with Gasteiger partial charge in [0.2, 0.25) is 0 Å². The average Bonchev–Trinajstić information content (AvgIpc) is 3.22. The molecule has 4 aromatic rings. The van der Waals surface area contributed by atoms with E-state index in [1.54, 1.807) is 40.5 Å². The highest BCUT2D eigenvalue weighted by Gasteiger charge is 2.26. The molecule has 1 fully saturated rings. The van der Waals surface area contributed by atoms with Crippen LogP contribution in [-0.2, 0) is 0 Å². The fourth-order valence-electron chi connectivity index (χ4n) is 3.59. The van der Waals surface area contributed by atoms with Crippen LogP contribution < -0.4 is 10.5 Å². The third kappa shape index (κ3) is 4.09. The topological polar surface area (TPSA) is 82.2 Å². The number of thiazole rings is 1. The van der Waals surface area contributed by atoms with Crippen LogP contribution in [0.15, 0.2) is 53.5 Å². The molecule has 162 valence electrons. The van der Waals surface area contributed by atoms with Crippen LogP contribution >= 0.6 is 34.5 Å². The maximum atomic E-state index is 12.9. The number of halogens is 2. The zero-order chi connectivity index (χ0) is 22.2. The number of rotatable bonds is 3. The van der Waals surface area contributed by atoms with E-state index >= 15 is 0 Å². The number of piperazine rings is 1. The van der Waals surface area contributed by atoms with Crippen LogP contribution in [0.2, 0.25) is 10.0 Å². The number of anilines is 1. The summed E-state index contributed by atoms with van der Waals surface area (Å²) in [4.78, 5) is 41.0. The molecule has 0 bridgehead atoms. The fourth-order valence-corrected chi connectivity index (χ4v) is 5.01. The molecule has 1 aliphatic heterocycles. The lowest BCUT2D eigenvalue weighted by Gasteiger charge is -2.34. The van der Waals surface area contributed by atoms with Crippen molar-refractivity contribution in [2.75, 3.05) is 31.1 Å². The van der Waals surface area contributed by atoms with E-state index in [0.717, 1.165) is 20.9 Å². The van der Waals surface area contributed by atoms with Crippen molar-refractivity contribution in [2.45, 2.75) is 0 Å². The first-order valence-electron chi connectivity index (χ1n) is 9.93. The summed E-state index contributed by atoms with van der Waals surface area (Å²) in [6, 6.07) is 12.6. The number of hydrogen-bond donors (Lipinski definition) is 1. The lowest BCUT2D eigenvalue weighted by molar-refractivity contribution is 0.0744. The minimum absolute atomic E-state index is 0.0331. The number of hydrogen-bond acceptors (Lipinski definition) is 6. The third-order valence-corrected chi connectivity index (χ3v) is 6.89. The summed E-state index contributed by atoms with van der Waals surface area (Å²) in [5.41, 5.74) is 1.20. The number of nitrogens with zero attached hydrogens (tertiary/aromatic N) is 4. The van der Waals surface area contributed by atoms with E-state index in [4.69, 9.17) is 23.2 Å². The smallest absolute Gasteiger partial charge is 0.264 e. The van der Waals surface area contributed by atoms with Gasteiger partial charge in [-0.3, -0.25) is 9.59 Å². The molecule has 1 N–H and O–H groups in total. The summed E-state index contributed by atoms with van der Waals surface area (Å²) in [5.74, 6) is 0.0705. The molecule has 10 heteroatoms. The monoisotopic (exact) mass is 485 g/mol. The summed E-state index contributed by atoms with van der Waals surface area (Å²) >= 11 is 13.6. The molecular formula is C22H17Cl2N5O2S. The van der Waals surface area contributed by atoms with E-state index < -0.39 is 5.56 Å². The molecule has 5 rings (SSSR count). The molecule has 0 aliphatic carbocycles. The van der Waals surface area contributed by atoms with E-state index in [-0.39, 0.29) is 11.5 Å². The van der Waals surface area contributed by atoms with Crippen molar-refractivity contribution in [3.8, 4) is 11.4 Å². The van der Waals surface area contributed by atoms with Crippen molar-refractivity contribution in [2.24, 2.45) is 0 Å². The third-order valence-electron chi connectivity index (χ3n) is 5.32. The van der Waals surface area contributed by atoms with Crippen LogP contribution in [0, 0.1) is 0 Å². The van der Waals surface area contributed by atoms with Crippen molar-refractivity contribution in [1.82, 2.24) is 19.9 Å². The van der Waals surface area contributed by atoms with Gasteiger partial charge in [-0.2, -0.15) is 0 Å². The van der Waals surface area contributed by atoms with Gasteiger partial charge < -0.3 is 14.8 Å². The number of carbonyl (C=O) groups is 1. The summed E-state index contributed by atoms with van der Waals surface area (Å²) in [6.07, 6.45) is 1.34. The zero-order valence-corrected chi connectivity index (χ0v) is 19.0. The van der Waals surface area contributed by atoms with Crippen LogP contribution in [0.1, 0.15) is 10.4 Å². The lowest BCUT2D eigenvalue weighted by atomic mass is 10.2. The van der Waals surface area contributed by atoms with Crippen LogP contribution in [0.4, 0.5) is 5.13 Å². The minimum Gasteiger partial charge on any atom is -0.345 e. The van der Waals surface area contributed by atoms with Gasteiger partial charge in [-0.1, -0.05) is 34.5 Å². The molecule has 2 aromatic heterocycles. The second-order valence-electron chi connectivity index (χ2n) is 7.37. The average molecular weight is 486 g/mol. The van der Waals surface area contributed by atoms with Crippen molar-refractivity contribution in [3.05, 3.63) is 74.6 Å². The Bertz CT molecular complexity index is 1360. The van der Waals surface area contributed by atoms with Crippen molar-refractivity contribution in [1.29, 1.82) is 0 Å². The number of fused-ring (bicyclic) bond motifs is 1. The zero-order valence-electron chi connectivity index (χ0n) is 16.7. The molecule has 2 aromatic carbocycles. The van der Waals surface area contributed by atoms with E-state index in [9.17, 15) is 9.59 Å². The predicted octanol–water partition coefficient (Wildman–Crippen LogP) is 4.32. The van der Waals surface area contributed by atoms with Gasteiger partial charge in [0.1, 0.15) is 11.4 Å². The minimum atomic E-state index is -0.458. The normalized spacial score (nSPS) is 14.2. The van der Waals surface area contributed by atoms with Crippen LogP contribution in [0.25, 0.3) is 21.6 Å². The Balaban J connectivity index is 1.28. The molecule has 0 spiro atoms. The standard InChI is InChI=1S/C22H17Cl2N5O2S/c23-14-3-1-13(2-4-14)19-25-12-16(20(30)27-19)21(31)28-7-9-29(10-8-28)22-26-17-6-5-15(24)11-18(17)32-22/h1-6,11-12H,7-10H2,(H,25,27,30). The number of aromatic amines is 1. The molecular weight excluding hydrogens is 469 g/mol. The van der Waals surface area contributed by atoms with Gasteiger partial charge in [-0.25, -0.2) is 9.97 Å². The Labute approximate surface area is 197 Å². The fraction of sp³-hybridized carbons (Fsp3) is 0.182. The van der Waals surface area contributed by atoms with Crippen molar-refractivity contribution in [3.63, 3.8) is 0 Å². The largest absolute Gasteiger partial charge is 0.345 e. The first-order chi connectivity index (χ1) is 15.5. The maximum Gasteiger partial charge on any atom is 0.264 e. The number of H-pyrrole nitrogens is 1. The van der Waals surface area contributed by atoms with E-state index in [2.05, 4.69) is 19.9 Å². The molecule has 3 heterocycles. The molecule has 32 heavy (non-hydrogen) atoms. The van der Waals surface area contributed by atoms with Gasteiger partial charge >= 0.3 is 0 Å². The first kappa shape index (κ1) is 20.9. The Morgan fingerprint density at radius 1 is 1.00 bits per heavy atom. The summed E-state index contributed by atoms with van der Waals surface area (Å²) in [6.45, 7) is 2.25. The summed E-state index contributed by atoms with van der Waals surface area (Å²) in [5, 5.41) is 2.18. The molecule has 1 saturated heterocycles. The van der Waals surface area contributed by atoms with Gasteiger partial charge in [-0.15, -0.1) is 0 Å². The van der Waals surface area contributed by atoms with E-state index in [0.29, 0.717) is 42.0 Å². The van der Waals surface area contributed by atoms with Gasteiger partial charge in [0.25, 0.3) is 11.5 Å². The predicted molar refractivity (Wildman–Crippen MR) is 128 cm³/mol. The van der Waals surface area contributed by atoms with Crippen LogP contribution in [-0.4, -0.2) is 51.9 Å². The molecule has 0 atom stereocenters. The second-order valence-corrected chi connectivity index (χ2v) is 9.25. The number of aromatic nitrogens is 3. The Kier molecular flexibility index (Phi) is 5.58. The highest BCUT2D eigenvalue weighted by Crippen LogP contribution is 2.31. The van der Waals surface area contributed by atoms with Gasteiger partial charge in [-0.05, 0) is 42.5 Å². The summed E-state index contributed by atoms with van der Waals surface area (Å²) in [7, 11) is 0. The quantitative estimate of drug-likeness (QED) is 0.467. The maximum absolute atomic E-state index is 12.9. The van der Waals surface area contributed by atoms with Crippen molar-refractivity contribution >= 4 is 55.8 Å². The summed E-state index contributed by atoms with van der Waals surface area (Å²) < 4.78 is 1.03. The van der Waals surface area contributed by atoms with Crippen LogP contribution in [0.3, 0.4) is 0 Å². The number of benzene rings is 2. The molecule has 1 amide bonds. The van der Waals surface area contributed by atoms with Crippen LogP contribution in [0.5, 0.6) is 0 Å². The first-order valence-corrected chi connectivity index (χ1v) is 11.5. The van der Waals surface area contributed by atoms with Gasteiger partial charge in [0.15, 0.2) is 5.13 Å². The van der Waals surface area contributed by atoms with E-state index in [1.165, 1.54) is 6.20 Å². The molecule has 1 aliphatic rings. The molecule has 0 radical (unpaired) electrons. The van der Waals surface area contributed by atoms with Gasteiger partial charge in [0, 0.05) is 48.0 Å². The Morgan fingerprint density at radius 2 is 1.72 bits per heavy atom. The molecule has 0 saturated carbocycles. The van der Waals surface area contributed by atoms with E-state index in [1.807, 2.05) is 18.2 Å².